The van der Waals surface area contributed by atoms with E-state index in [1.54, 1.807) is 30.5 Å². The van der Waals surface area contributed by atoms with Gasteiger partial charge in [-0.2, -0.15) is 0 Å². The Bertz CT molecular complexity index is 1650. The number of rotatable bonds is 10. The van der Waals surface area contributed by atoms with Crippen molar-refractivity contribution in [2.75, 3.05) is 43.5 Å². The van der Waals surface area contributed by atoms with Crippen molar-refractivity contribution in [3.8, 4) is 28.3 Å². The van der Waals surface area contributed by atoms with E-state index in [0.717, 1.165) is 25.7 Å². The van der Waals surface area contributed by atoms with Crippen LogP contribution in [-0.4, -0.2) is 62.7 Å². The maximum Gasteiger partial charge on any atom is 0.163 e. The summed E-state index contributed by atoms with van der Waals surface area (Å²) in [6.07, 6.45) is 3.62. The highest BCUT2D eigenvalue weighted by molar-refractivity contribution is 7.77. The first-order valence-electron chi connectivity index (χ1n) is 14.7. The Balaban J connectivity index is 1.50. The molecule has 0 spiro atoms. The molecule has 1 saturated carbocycles. The number of nitrogens with zero attached hydrogens (tertiary/aromatic N) is 4. The number of anilines is 2. The van der Waals surface area contributed by atoms with E-state index >= 15 is 8.78 Å². The zero-order valence-corrected chi connectivity index (χ0v) is 24.8. The number of halogens is 2. The van der Waals surface area contributed by atoms with Crippen molar-refractivity contribution >= 4 is 33.8 Å². The molecule has 0 bridgehead atoms. The minimum absolute atomic E-state index is 0.0117. The highest BCUT2D eigenvalue weighted by atomic mass is 32.2. The average molecular weight is 624 g/mol. The predicted octanol–water partition coefficient (Wildman–Crippen LogP) is 5.02. The number of hydrogen-bond acceptors (Lipinski definition) is 9. The van der Waals surface area contributed by atoms with E-state index < -0.39 is 23.3 Å². The van der Waals surface area contributed by atoms with E-state index in [2.05, 4.69) is 14.6 Å². The maximum atomic E-state index is 16.0. The number of nitrogen functional groups attached to an aromatic ring is 1. The van der Waals surface area contributed by atoms with Crippen molar-refractivity contribution in [3.63, 3.8) is 0 Å². The fourth-order valence-corrected chi connectivity index (χ4v) is 6.02. The number of aromatic nitrogens is 3. The van der Waals surface area contributed by atoms with Gasteiger partial charge in [0.05, 0.1) is 19.3 Å². The van der Waals surface area contributed by atoms with Crippen LogP contribution in [0.1, 0.15) is 43.8 Å². The van der Waals surface area contributed by atoms with Crippen molar-refractivity contribution in [2.45, 2.75) is 44.4 Å². The summed E-state index contributed by atoms with van der Waals surface area (Å²) in [4.78, 5) is 16.2. The Morgan fingerprint density at radius 2 is 1.93 bits per heavy atom. The minimum Gasteiger partial charge on any atom is -0.760 e. The van der Waals surface area contributed by atoms with Crippen LogP contribution in [0.3, 0.4) is 0 Å². The normalized spacial score (nSPS) is 17.2. The molecule has 1 saturated heterocycles. The molecule has 2 unspecified atom stereocenters. The molecule has 1 aliphatic heterocycles. The van der Waals surface area contributed by atoms with Gasteiger partial charge >= 0.3 is 0 Å². The molecule has 3 heterocycles. The zero-order valence-electron chi connectivity index (χ0n) is 24.0. The molecule has 4 aromatic rings. The fourth-order valence-electron chi connectivity index (χ4n) is 5.74. The summed E-state index contributed by atoms with van der Waals surface area (Å²) >= 11 is -2.52. The number of nitrogens with one attached hydrogen (secondary N) is 1. The molecule has 2 atom stereocenters. The number of fused-ring (bicyclic) bond motifs is 1. The largest absolute Gasteiger partial charge is 0.760 e. The number of pyridine rings is 1. The molecular formula is C31H33F2N6O4S-. The van der Waals surface area contributed by atoms with Gasteiger partial charge in [0.1, 0.15) is 34.9 Å². The molecule has 2 aliphatic rings. The SMILES string of the molecule is Nc1ccc(-c2nc(N3CCOCC3)c3cc(-c4cccc(C(F)CCNS(=O)[O-])c4F)cc(OC4CCCC4)c3n2)cn1. The lowest BCUT2D eigenvalue weighted by Crippen LogP contribution is -2.37. The van der Waals surface area contributed by atoms with Crippen molar-refractivity contribution in [2.24, 2.45) is 0 Å². The lowest BCUT2D eigenvalue weighted by Gasteiger charge is -2.29. The van der Waals surface area contributed by atoms with Crippen LogP contribution in [0.5, 0.6) is 5.75 Å². The number of alkyl halides is 1. The van der Waals surface area contributed by atoms with Gasteiger partial charge in [-0.1, -0.05) is 18.2 Å². The Morgan fingerprint density at radius 1 is 1.14 bits per heavy atom. The van der Waals surface area contributed by atoms with E-state index in [1.165, 1.54) is 6.07 Å². The van der Waals surface area contributed by atoms with Crippen LogP contribution in [-0.2, 0) is 16.0 Å². The van der Waals surface area contributed by atoms with E-state index in [1.807, 2.05) is 12.1 Å². The van der Waals surface area contributed by atoms with Gasteiger partial charge in [-0.15, -0.1) is 0 Å². The third-order valence-electron chi connectivity index (χ3n) is 7.99. The van der Waals surface area contributed by atoms with Crippen LogP contribution in [0, 0.1) is 5.82 Å². The van der Waals surface area contributed by atoms with Gasteiger partial charge < -0.3 is 24.7 Å². The van der Waals surface area contributed by atoms with Gasteiger partial charge in [0.2, 0.25) is 0 Å². The van der Waals surface area contributed by atoms with Crippen LogP contribution in [0.4, 0.5) is 20.4 Å². The van der Waals surface area contributed by atoms with Gasteiger partial charge in [0, 0.05) is 59.2 Å². The highest BCUT2D eigenvalue weighted by Gasteiger charge is 2.25. The summed E-state index contributed by atoms with van der Waals surface area (Å²) in [5.41, 5.74) is 7.65. The molecule has 232 valence electrons. The lowest BCUT2D eigenvalue weighted by atomic mass is 9.97. The van der Waals surface area contributed by atoms with Crippen LogP contribution in [0.2, 0.25) is 0 Å². The molecule has 2 aromatic carbocycles. The predicted molar refractivity (Wildman–Crippen MR) is 164 cm³/mol. The summed E-state index contributed by atoms with van der Waals surface area (Å²) < 4.78 is 67.0. The fraction of sp³-hybridized carbons (Fsp3) is 0.387. The first-order valence-corrected chi connectivity index (χ1v) is 15.8. The second-order valence-corrected chi connectivity index (χ2v) is 11.7. The quantitative estimate of drug-likeness (QED) is 0.233. The Hall–Kier alpha value is -3.78. The van der Waals surface area contributed by atoms with E-state index in [0.29, 0.717) is 71.5 Å². The molecule has 1 aliphatic carbocycles. The van der Waals surface area contributed by atoms with Gasteiger partial charge in [0.25, 0.3) is 0 Å². The summed E-state index contributed by atoms with van der Waals surface area (Å²) in [6.45, 7) is 2.11. The van der Waals surface area contributed by atoms with Crippen molar-refractivity contribution < 1.29 is 27.0 Å². The Labute approximate surface area is 256 Å². The third-order valence-corrected chi connectivity index (χ3v) is 8.43. The smallest absolute Gasteiger partial charge is 0.163 e. The van der Waals surface area contributed by atoms with E-state index in [4.69, 9.17) is 25.2 Å². The van der Waals surface area contributed by atoms with Crippen LogP contribution < -0.4 is 20.1 Å². The van der Waals surface area contributed by atoms with Crippen LogP contribution in [0.25, 0.3) is 33.4 Å². The first-order chi connectivity index (χ1) is 21.4. The van der Waals surface area contributed by atoms with Crippen LogP contribution >= 0.6 is 0 Å². The number of nitrogens with two attached hydrogens (primary N) is 1. The zero-order chi connectivity index (χ0) is 30.6. The second-order valence-electron chi connectivity index (χ2n) is 10.9. The summed E-state index contributed by atoms with van der Waals surface area (Å²) in [6, 6.07) is 11.7. The number of benzene rings is 2. The monoisotopic (exact) mass is 623 g/mol. The molecule has 6 rings (SSSR count). The summed E-state index contributed by atoms with van der Waals surface area (Å²) in [5, 5.41) is 0.674. The molecular weight excluding hydrogens is 590 g/mol. The standard InChI is InChI=1S/C31H34F2N6O4S/c32-25(10-11-36-44(40)41)23-7-3-6-22(28(23)33)20-16-24-29(26(17-20)43-21-4-1-2-5-21)37-30(19-8-9-27(34)35-18-19)38-31(24)39-12-14-42-15-13-39/h3,6-9,16-18,21,25,36H,1-2,4-5,10-15H2,(H2,34,35)(H,40,41)/p-1. The molecule has 0 amide bonds. The van der Waals surface area contributed by atoms with Crippen molar-refractivity contribution in [3.05, 3.63) is 60.0 Å². The number of morpholine rings is 1. The Morgan fingerprint density at radius 3 is 2.66 bits per heavy atom. The first kappa shape index (κ1) is 30.3. The average Bonchev–Trinajstić information content (AvgIpc) is 3.54. The van der Waals surface area contributed by atoms with Crippen LogP contribution in [0.15, 0.2) is 48.7 Å². The van der Waals surface area contributed by atoms with E-state index in [9.17, 15) is 8.76 Å². The van der Waals surface area contributed by atoms with Gasteiger partial charge in [0.15, 0.2) is 5.82 Å². The van der Waals surface area contributed by atoms with Gasteiger partial charge in [-0.3, -0.25) is 4.21 Å². The summed E-state index contributed by atoms with van der Waals surface area (Å²) in [7, 11) is 0. The third kappa shape index (κ3) is 6.65. The van der Waals surface area contributed by atoms with Crippen molar-refractivity contribution in [1.82, 2.24) is 19.7 Å². The number of ether oxygens (including phenoxy) is 2. The second kappa shape index (κ2) is 13.5. The molecule has 10 nitrogen and oxygen atoms in total. The molecule has 13 heteroatoms. The lowest BCUT2D eigenvalue weighted by molar-refractivity contribution is 0.122. The number of hydrogen-bond donors (Lipinski definition) is 2. The molecule has 2 aromatic heterocycles. The Kier molecular flexibility index (Phi) is 9.26. The molecule has 0 radical (unpaired) electrons. The van der Waals surface area contributed by atoms with Crippen molar-refractivity contribution in [1.29, 1.82) is 0 Å². The highest BCUT2D eigenvalue weighted by Crippen LogP contribution is 2.40. The van der Waals surface area contributed by atoms with Gasteiger partial charge in [-0.05, 0) is 61.9 Å². The van der Waals surface area contributed by atoms with E-state index in [-0.39, 0.29) is 30.2 Å². The maximum absolute atomic E-state index is 16.0. The molecule has 3 N–H and O–H groups in total. The minimum atomic E-state index is -2.52. The molecule has 2 fully saturated rings. The summed E-state index contributed by atoms with van der Waals surface area (Å²) in [5.74, 6) is 1.27. The molecule has 44 heavy (non-hydrogen) atoms. The van der Waals surface area contributed by atoms with Gasteiger partial charge in [-0.25, -0.2) is 28.5 Å². The topological polar surface area (TPSA) is 139 Å².